The first-order chi connectivity index (χ1) is 20.2. The Bertz CT molecular complexity index is 1390. The molecule has 3 aromatic carbocycles. The molecule has 3 aromatic rings. The topological polar surface area (TPSA) is 123 Å². The molecule has 0 spiro atoms. The smallest absolute Gasteiger partial charge is 0.338 e. The van der Waals surface area contributed by atoms with Gasteiger partial charge in [0, 0.05) is 18.7 Å². The van der Waals surface area contributed by atoms with E-state index in [9.17, 15) is 18.3 Å². The first-order valence-electron chi connectivity index (χ1n) is 14.3. The molecular formula is C32H40N2O7S. The van der Waals surface area contributed by atoms with Gasteiger partial charge in [0.1, 0.15) is 30.8 Å². The molecule has 0 bridgehead atoms. The minimum atomic E-state index is -3.54. The van der Waals surface area contributed by atoms with E-state index in [2.05, 4.69) is 10.0 Å². The van der Waals surface area contributed by atoms with E-state index in [0.29, 0.717) is 42.2 Å². The second kappa shape index (κ2) is 15.0. The molecule has 10 heteroatoms. The number of hydrogen-bond donors (Lipinski definition) is 3. The molecule has 9 nitrogen and oxygen atoms in total. The highest BCUT2D eigenvalue weighted by atomic mass is 32.2. The highest BCUT2D eigenvalue weighted by molar-refractivity contribution is 7.92. The summed E-state index contributed by atoms with van der Waals surface area (Å²) < 4.78 is 43.0. The van der Waals surface area contributed by atoms with Gasteiger partial charge >= 0.3 is 5.97 Å². The summed E-state index contributed by atoms with van der Waals surface area (Å²) in [5.74, 6) is 0.948. The molecule has 1 atom stereocenters. The van der Waals surface area contributed by atoms with E-state index in [-0.39, 0.29) is 24.9 Å². The van der Waals surface area contributed by atoms with Crippen LogP contribution in [0, 0.1) is 0 Å². The Morgan fingerprint density at radius 1 is 0.976 bits per heavy atom. The fourth-order valence-electron chi connectivity index (χ4n) is 5.03. The minimum Gasteiger partial charge on any atom is -0.491 e. The lowest BCUT2D eigenvalue weighted by atomic mass is 9.81. The number of aliphatic hydroxyl groups excluding tert-OH is 1. The van der Waals surface area contributed by atoms with Crippen molar-refractivity contribution in [1.29, 1.82) is 0 Å². The maximum atomic E-state index is 11.9. The standard InChI is InChI=1S/C32H40N2O7S/c1-3-39-32(36)26-11-9-24(10-12-26)25-13-15-27(16-14-25)33-20-28(35)22-40-29-17-18-31(30(19-29)34-42(2,37)38)41-21-23-7-5-4-6-8-23/h4-12,17-19,25,27-28,33-35H,3,13-16,20-22H2,1-2H3/t25-,27-,28-/m0/s1. The Morgan fingerprint density at radius 3 is 2.36 bits per heavy atom. The van der Waals surface area contributed by atoms with Crippen LogP contribution in [0.15, 0.2) is 72.8 Å². The Hall–Kier alpha value is -3.60. The predicted octanol–water partition coefficient (Wildman–Crippen LogP) is 4.87. The third-order valence-electron chi connectivity index (χ3n) is 7.19. The van der Waals surface area contributed by atoms with Crippen LogP contribution >= 0.6 is 0 Å². The number of benzene rings is 3. The summed E-state index contributed by atoms with van der Waals surface area (Å²) in [5, 5.41) is 14.0. The Labute approximate surface area is 248 Å². The van der Waals surface area contributed by atoms with Crippen LogP contribution in [0.1, 0.15) is 60.0 Å². The monoisotopic (exact) mass is 596 g/mol. The van der Waals surface area contributed by atoms with Crippen molar-refractivity contribution in [3.63, 3.8) is 0 Å². The number of ether oxygens (including phenoxy) is 3. The van der Waals surface area contributed by atoms with E-state index in [4.69, 9.17) is 14.2 Å². The van der Waals surface area contributed by atoms with E-state index in [1.807, 2.05) is 54.6 Å². The van der Waals surface area contributed by atoms with Crippen molar-refractivity contribution in [3.8, 4) is 11.5 Å². The van der Waals surface area contributed by atoms with Crippen molar-refractivity contribution in [2.75, 3.05) is 30.7 Å². The predicted molar refractivity (Wildman–Crippen MR) is 163 cm³/mol. The normalized spacial score (nSPS) is 17.7. The SMILES string of the molecule is CCOC(=O)c1ccc([C@H]2CC[C@H](NC[C@H](O)COc3ccc(OCc4ccccc4)c(NS(C)(=O)=O)c3)CC2)cc1. The second-order valence-electron chi connectivity index (χ2n) is 10.6. The Kier molecular flexibility index (Phi) is 11.2. The number of anilines is 1. The third-order valence-corrected chi connectivity index (χ3v) is 7.78. The number of aliphatic hydroxyl groups is 1. The molecule has 1 aliphatic rings. The molecule has 0 aliphatic heterocycles. The van der Waals surface area contributed by atoms with Crippen molar-refractivity contribution in [3.05, 3.63) is 89.5 Å². The number of sulfonamides is 1. The summed E-state index contributed by atoms with van der Waals surface area (Å²) in [6.45, 7) is 2.88. The van der Waals surface area contributed by atoms with E-state index in [1.54, 1.807) is 25.1 Å². The van der Waals surface area contributed by atoms with E-state index < -0.39 is 16.1 Å². The molecule has 0 aromatic heterocycles. The zero-order chi connectivity index (χ0) is 30.0. The first kappa shape index (κ1) is 31.3. The van der Waals surface area contributed by atoms with Crippen LogP contribution < -0.4 is 19.5 Å². The minimum absolute atomic E-state index is 0.0533. The lowest BCUT2D eigenvalue weighted by Crippen LogP contribution is -2.39. The summed E-state index contributed by atoms with van der Waals surface area (Å²) in [4.78, 5) is 11.9. The zero-order valence-corrected chi connectivity index (χ0v) is 24.9. The molecule has 1 fully saturated rings. The van der Waals surface area contributed by atoms with Crippen molar-refractivity contribution in [2.24, 2.45) is 0 Å². The summed E-state index contributed by atoms with van der Waals surface area (Å²) >= 11 is 0. The van der Waals surface area contributed by atoms with Crippen LogP contribution in [0.2, 0.25) is 0 Å². The van der Waals surface area contributed by atoms with Gasteiger partial charge < -0.3 is 24.6 Å². The van der Waals surface area contributed by atoms with Gasteiger partial charge in [0.05, 0.1) is 24.1 Å². The van der Waals surface area contributed by atoms with Crippen LogP contribution in [0.4, 0.5) is 5.69 Å². The lowest BCUT2D eigenvalue weighted by molar-refractivity contribution is 0.0526. The molecule has 0 amide bonds. The third kappa shape index (κ3) is 9.75. The average molecular weight is 597 g/mol. The van der Waals surface area contributed by atoms with Gasteiger partial charge in [-0.15, -0.1) is 0 Å². The molecule has 1 aliphatic carbocycles. The highest BCUT2D eigenvalue weighted by Crippen LogP contribution is 2.33. The Morgan fingerprint density at radius 2 is 1.69 bits per heavy atom. The van der Waals surface area contributed by atoms with Crippen LogP contribution in [-0.4, -0.2) is 57.7 Å². The second-order valence-corrected chi connectivity index (χ2v) is 12.3. The molecule has 0 saturated heterocycles. The van der Waals surface area contributed by atoms with E-state index in [0.717, 1.165) is 37.5 Å². The molecule has 4 rings (SSSR count). The molecule has 3 N–H and O–H groups in total. The molecule has 0 unspecified atom stereocenters. The van der Waals surface area contributed by atoms with Crippen LogP contribution in [-0.2, 0) is 21.4 Å². The lowest BCUT2D eigenvalue weighted by Gasteiger charge is -2.30. The fourth-order valence-corrected chi connectivity index (χ4v) is 5.59. The zero-order valence-electron chi connectivity index (χ0n) is 24.1. The van der Waals surface area contributed by atoms with Gasteiger partial charge in [0.2, 0.25) is 10.0 Å². The number of esters is 1. The van der Waals surface area contributed by atoms with Gasteiger partial charge in [-0.1, -0.05) is 42.5 Å². The van der Waals surface area contributed by atoms with Crippen molar-refractivity contribution in [2.45, 2.75) is 57.3 Å². The maximum Gasteiger partial charge on any atom is 0.338 e. The number of carbonyl (C=O) groups is 1. The van der Waals surface area contributed by atoms with Crippen LogP contribution in [0.5, 0.6) is 11.5 Å². The number of rotatable bonds is 14. The first-order valence-corrected chi connectivity index (χ1v) is 16.2. The van der Waals surface area contributed by atoms with Gasteiger partial charge in [0.15, 0.2) is 0 Å². The van der Waals surface area contributed by atoms with E-state index in [1.165, 1.54) is 5.56 Å². The molecule has 0 radical (unpaired) electrons. The summed E-state index contributed by atoms with van der Waals surface area (Å²) in [5.41, 5.74) is 3.03. The number of hydrogen-bond acceptors (Lipinski definition) is 8. The number of nitrogens with one attached hydrogen (secondary N) is 2. The quantitative estimate of drug-likeness (QED) is 0.225. The molecule has 226 valence electrons. The van der Waals surface area contributed by atoms with Gasteiger partial charge in [0.25, 0.3) is 0 Å². The largest absolute Gasteiger partial charge is 0.491 e. The molecular weight excluding hydrogens is 556 g/mol. The summed E-state index contributed by atoms with van der Waals surface area (Å²) in [7, 11) is -3.54. The van der Waals surface area contributed by atoms with Crippen LogP contribution in [0.25, 0.3) is 0 Å². The average Bonchev–Trinajstić information content (AvgIpc) is 2.99. The van der Waals surface area contributed by atoms with Crippen molar-refractivity contribution < 1.29 is 32.5 Å². The fraction of sp³-hybridized carbons (Fsp3) is 0.406. The van der Waals surface area contributed by atoms with Crippen molar-refractivity contribution in [1.82, 2.24) is 5.32 Å². The van der Waals surface area contributed by atoms with Gasteiger partial charge in [-0.3, -0.25) is 4.72 Å². The summed E-state index contributed by atoms with van der Waals surface area (Å²) in [6, 6.07) is 22.5. The van der Waals surface area contributed by atoms with Crippen LogP contribution in [0.3, 0.4) is 0 Å². The molecule has 1 saturated carbocycles. The van der Waals surface area contributed by atoms with Gasteiger partial charge in [-0.2, -0.15) is 0 Å². The number of carbonyl (C=O) groups excluding carboxylic acids is 1. The highest BCUT2D eigenvalue weighted by Gasteiger charge is 2.23. The molecule has 42 heavy (non-hydrogen) atoms. The van der Waals surface area contributed by atoms with E-state index >= 15 is 0 Å². The van der Waals surface area contributed by atoms with Gasteiger partial charge in [-0.25, -0.2) is 13.2 Å². The maximum absolute atomic E-state index is 11.9. The summed E-state index contributed by atoms with van der Waals surface area (Å²) in [6.07, 6.45) is 4.37. The Balaban J connectivity index is 1.22. The van der Waals surface area contributed by atoms with Crippen molar-refractivity contribution >= 4 is 21.7 Å². The van der Waals surface area contributed by atoms with Gasteiger partial charge in [-0.05, 0) is 73.9 Å². The molecule has 0 heterocycles.